The van der Waals surface area contributed by atoms with Crippen LogP contribution in [0, 0.1) is 5.82 Å². The minimum atomic E-state index is -0.732. The van der Waals surface area contributed by atoms with Gasteiger partial charge in [0.1, 0.15) is 5.82 Å². The molecule has 0 unspecified atom stereocenters. The number of halogens is 1. The van der Waals surface area contributed by atoms with Crippen LogP contribution in [0.15, 0.2) is 24.3 Å². The number of carbonyl (C=O) groups excluding carboxylic acids is 1. The highest BCUT2D eigenvalue weighted by Crippen LogP contribution is 2.15. The molecule has 0 radical (unpaired) electrons. The molecule has 1 aromatic rings. The Bertz CT molecular complexity index is 385. The Hall–Kier alpha value is -1.64. The largest absolute Gasteiger partial charge is 0.365 e. The van der Waals surface area contributed by atoms with Gasteiger partial charge in [-0.15, -0.1) is 0 Å². The van der Waals surface area contributed by atoms with Crippen molar-refractivity contribution in [2.45, 2.75) is 19.8 Å². The number of nitrogens with two attached hydrogens (primary N) is 1. The van der Waals surface area contributed by atoms with Crippen molar-refractivity contribution >= 4 is 12.0 Å². The zero-order valence-electron chi connectivity index (χ0n) is 8.66. The maximum atomic E-state index is 13.3. The molecule has 0 spiro atoms. The van der Waals surface area contributed by atoms with Crippen molar-refractivity contribution in [3.05, 3.63) is 41.2 Å². The van der Waals surface area contributed by atoms with Gasteiger partial charge in [0.25, 0.3) is 5.91 Å². The fourth-order valence-electron chi connectivity index (χ4n) is 1.32. The molecule has 1 aromatic carbocycles. The first-order chi connectivity index (χ1) is 7.16. The summed E-state index contributed by atoms with van der Waals surface area (Å²) in [5.74, 6) is -1.30. The van der Waals surface area contributed by atoms with E-state index < -0.39 is 11.7 Å². The van der Waals surface area contributed by atoms with Crippen LogP contribution in [-0.2, 0) is 0 Å². The molecule has 0 bridgehead atoms. The van der Waals surface area contributed by atoms with Crippen LogP contribution in [0.25, 0.3) is 6.08 Å². The van der Waals surface area contributed by atoms with Gasteiger partial charge in [0.2, 0.25) is 0 Å². The van der Waals surface area contributed by atoms with Gasteiger partial charge in [-0.1, -0.05) is 37.6 Å². The van der Waals surface area contributed by atoms with Crippen LogP contribution in [0.5, 0.6) is 0 Å². The average Bonchev–Trinajstić information content (AvgIpc) is 2.17. The number of amides is 1. The summed E-state index contributed by atoms with van der Waals surface area (Å²) in [5, 5.41) is 0. The van der Waals surface area contributed by atoms with E-state index in [9.17, 15) is 9.18 Å². The third kappa shape index (κ3) is 2.91. The molecule has 15 heavy (non-hydrogen) atoms. The zero-order chi connectivity index (χ0) is 11.3. The molecule has 80 valence electrons. The molecule has 0 fully saturated rings. The Morgan fingerprint density at radius 3 is 2.87 bits per heavy atom. The van der Waals surface area contributed by atoms with E-state index in [-0.39, 0.29) is 5.56 Å². The first kappa shape index (κ1) is 11.4. The van der Waals surface area contributed by atoms with Gasteiger partial charge >= 0.3 is 0 Å². The number of hydrogen-bond donors (Lipinski definition) is 1. The van der Waals surface area contributed by atoms with Crippen molar-refractivity contribution in [3.8, 4) is 0 Å². The number of benzene rings is 1. The molecule has 1 rings (SSSR count). The molecule has 0 aliphatic heterocycles. The number of primary amides is 1. The van der Waals surface area contributed by atoms with Gasteiger partial charge in [0, 0.05) is 0 Å². The third-order valence-electron chi connectivity index (χ3n) is 2.04. The molecular formula is C12H14FNO. The van der Waals surface area contributed by atoms with Crippen LogP contribution in [0.3, 0.4) is 0 Å². The van der Waals surface area contributed by atoms with E-state index in [1.807, 2.05) is 13.0 Å². The van der Waals surface area contributed by atoms with Crippen molar-refractivity contribution in [1.29, 1.82) is 0 Å². The summed E-state index contributed by atoms with van der Waals surface area (Å²) in [4.78, 5) is 11.0. The van der Waals surface area contributed by atoms with E-state index in [1.165, 1.54) is 6.07 Å². The van der Waals surface area contributed by atoms with Crippen molar-refractivity contribution in [1.82, 2.24) is 0 Å². The molecular weight excluding hydrogens is 193 g/mol. The number of carbonyl (C=O) groups is 1. The Kier molecular flexibility index (Phi) is 4.03. The van der Waals surface area contributed by atoms with Gasteiger partial charge in [-0.2, -0.15) is 0 Å². The summed E-state index contributed by atoms with van der Waals surface area (Å²) in [5.41, 5.74) is 5.61. The summed E-state index contributed by atoms with van der Waals surface area (Å²) in [6.07, 6.45) is 5.54. The molecule has 0 aliphatic carbocycles. The predicted octanol–water partition coefficient (Wildman–Crippen LogP) is 2.74. The van der Waals surface area contributed by atoms with Crippen LogP contribution in [0.4, 0.5) is 4.39 Å². The fourth-order valence-corrected chi connectivity index (χ4v) is 1.32. The third-order valence-corrected chi connectivity index (χ3v) is 2.04. The SMILES string of the molecule is CCC/C=C/c1cccc(F)c1C(N)=O. The molecule has 0 saturated carbocycles. The lowest BCUT2D eigenvalue weighted by Gasteiger charge is -2.02. The Morgan fingerprint density at radius 2 is 2.27 bits per heavy atom. The highest BCUT2D eigenvalue weighted by molar-refractivity contribution is 5.96. The van der Waals surface area contributed by atoms with Crippen LogP contribution >= 0.6 is 0 Å². The lowest BCUT2D eigenvalue weighted by atomic mass is 10.1. The lowest BCUT2D eigenvalue weighted by Crippen LogP contribution is -2.14. The standard InChI is InChI=1S/C12H14FNO/c1-2-3-4-6-9-7-5-8-10(13)11(9)12(14)15/h4-8H,2-3H2,1H3,(H2,14,15)/b6-4+. The quantitative estimate of drug-likeness (QED) is 0.810. The molecule has 3 heteroatoms. The number of rotatable bonds is 4. The average molecular weight is 207 g/mol. The topological polar surface area (TPSA) is 43.1 Å². The Balaban J connectivity index is 3.06. The van der Waals surface area contributed by atoms with Crippen LogP contribution < -0.4 is 5.73 Å². The maximum absolute atomic E-state index is 13.3. The van der Waals surface area contributed by atoms with Crippen molar-refractivity contribution in [2.24, 2.45) is 5.73 Å². The highest BCUT2D eigenvalue weighted by Gasteiger charge is 2.11. The molecule has 0 saturated heterocycles. The predicted molar refractivity (Wildman–Crippen MR) is 58.9 cm³/mol. The highest BCUT2D eigenvalue weighted by atomic mass is 19.1. The molecule has 1 amide bonds. The summed E-state index contributed by atoms with van der Waals surface area (Å²) in [6.45, 7) is 2.05. The molecule has 2 nitrogen and oxygen atoms in total. The minimum Gasteiger partial charge on any atom is -0.365 e. The second kappa shape index (κ2) is 5.29. The van der Waals surface area contributed by atoms with Crippen LogP contribution in [0.2, 0.25) is 0 Å². The van der Waals surface area contributed by atoms with Gasteiger partial charge in [0.05, 0.1) is 5.56 Å². The summed E-state index contributed by atoms with van der Waals surface area (Å²) in [6, 6.07) is 4.47. The summed E-state index contributed by atoms with van der Waals surface area (Å²) < 4.78 is 13.3. The smallest absolute Gasteiger partial charge is 0.252 e. The van der Waals surface area contributed by atoms with Gasteiger partial charge in [0.15, 0.2) is 0 Å². The molecule has 0 heterocycles. The summed E-state index contributed by atoms with van der Waals surface area (Å²) in [7, 11) is 0. The van der Waals surface area contributed by atoms with E-state index in [0.717, 1.165) is 12.8 Å². The Morgan fingerprint density at radius 1 is 1.53 bits per heavy atom. The minimum absolute atomic E-state index is 0.0372. The molecule has 0 aliphatic rings. The second-order valence-electron chi connectivity index (χ2n) is 3.26. The monoisotopic (exact) mass is 207 g/mol. The Labute approximate surface area is 88.6 Å². The van der Waals surface area contributed by atoms with E-state index in [1.54, 1.807) is 18.2 Å². The fraction of sp³-hybridized carbons (Fsp3) is 0.250. The van der Waals surface area contributed by atoms with E-state index in [4.69, 9.17) is 5.73 Å². The van der Waals surface area contributed by atoms with Gasteiger partial charge < -0.3 is 5.73 Å². The van der Waals surface area contributed by atoms with Gasteiger partial charge in [-0.3, -0.25) is 4.79 Å². The van der Waals surface area contributed by atoms with E-state index >= 15 is 0 Å². The number of unbranched alkanes of at least 4 members (excludes halogenated alkanes) is 1. The first-order valence-corrected chi connectivity index (χ1v) is 4.91. The van der Waals surface area contributed by atoms with E-state index in [0.29, 0.717) is 5.56 Å². The van der Waals surface area contributed by atoms with E-state index in [2.05, 4.69) is 0 Å². The van der Waals surface area contributed by atoms with Crippen molar-refractivity contribution < 1.29 is 9.18 Å². The van der Waals surface area contributed by atoms with Crippen LogP contribution in [0.1, 0.15) is 35.7 Å². The van der Waals surface area contributed by atoms with Crippen LogP contribution in [-0.4, -0.2) is 5.91 Å². The lowest BCUT2D eigenvalue weighted by molar-refractivity contribution is 0.0996. The number of hydrogen-bond acceptors (Lipinski definition) is 1. The summed E-state index contributed by atoms with van der Waals surface area (Å²) >= 11 is 0. The zero-order valence-corrected chi connectivity index (χ0v) is 8.66. The number of allylic oxidation sites excluding steroid dienone is 1. The first-order valence-electron chi connectivity index (χ1n) is 4.91. The van der Waals surface area contributed by atoms with Crippen molar-refractivity contribution in [3.63, 3.8) is 0 Å². The van der Waals surface area contributed by atoms with Gasteiger partial charge in [-0.05, 0) is 18.1 Å². The van der Waals surface area contributed by atoms with Gasteiger partial charge in [-0.25, -0.2) is 4.39 Å². The molecule has 0 atom stereocenters. The molecule has 2 N–H and O–H groups in total. The second-order valence-corrected chi connectivity index (χ2v) is 3.26. The normalized spacial score (nSPS) is 10.8. The van der Waals surface area contributed by atoms with Crippen molar-refractivity contribution in [2.75, 3.05) is 0 Å². The molecule has 0 aromatic heterocycles. The maximum Gasteiger partial charge on any atom is 0.252 e.